The Kier molecular flexibility index (Phi) is 3.79. The van der Waals surface area contributed by atoms with Gasteiger partial charge in [-0.2, -0.15) is 0 Å². The molecule has 4 nitrogen and oxygen atoms in total. The van der Waals surface area contributed by atoms with Gasteiger partial charge in [-0.1, -0.05) is 6.92 Å². The number of aromatic nitrogens is 1. The summed E-state index contributed by atoms with van der Waals surface area (Å²) < 4.78 is 14.1. The van der Waals surface area contributed by atoms with Crippen molar-refractivity contribution in [3.63, 3.8) is 0 Å². The highest BCUT2D eigenvalue weighted by molar-refractivity contribution is 5.95. The molecular weight excluding hydrogens is 233 g/mol. The maximum atomic E-state index is 14.1. The van der Waals surface area contributed by atoms with Gasteiger partial charge in [-0.05, 0) is 25.3 Å². The van der Waals surface area contributed by atoms with Gasteiger partial charge in [0.25, 0.3) is 5.91 Å². The number of nitrogens with zero attached hydrogens (tertiary/aromatic N) is 2. The molecule has 5 heteroatoms. The first-order valence-corrected chi connectivity index (χ1v) is 6.30. The van der Waals surface area contributed by atoms with Gasteiger partial charge in [0.2, 0.25) is 0 Å². The van der Waals surface area contributed by atoms with Crippen molar-refractivity contribution < 1.29 is 9.18 Å². The van der Waals surface area contributed by atoms with E-state index in [2.05, 4.69) is 10.3 Å². The molecule has 1 N–H and O–H groups in total. The van der Waals surface area contributed by atoms with Crippen molar-refractivity contribution >= 4 is 11.7 Å². The zero-order valence-corrected chi connectivity index (χ0v) is 10.7. The normalized spacial score (nSPS) is 14.4. The first kappa shape index (κ1) is 12.8. The van der Waals surface area contributed by atoms with Gasteiger partial charge < -0.3 is 10.2 Å². The van der Waals surface area contributed by atoms with Gasteiger partial charge in [0, 0.05) is 25.8 Å². The largest absolute Gasteiger partial charge is 0.368 e. The molecule has 0 radical (unpaired) electrons. The van der Waals surface area contributed by atoms with Crippen LogP contribution in [0.1, 0.15) is 36.5 Å². The second-order valence-electron chi connectivity index (χ2n) is 4.60. The summed E-state index contributed by atoms with van der Waals surface area (Å²) in [5.74, 6) is -0.660. The molecule has 1 aromatic rings. The number of halogens is 1. The molecular formula is C13H18FN3O. The van der Waals surface area contributed by atoms with Gasteiger partial charge in [0.05, 0.1) is 5.56 Å². The molecule has 2 rings (SSSR count). The van der Waals surface area contributed by atoms with E-state index < -0.39 is 5.82 Å². The number of carbonyl (C=O) groups excluding carboxylic acids is 1. The van der Waals surface area contributed by atoms with Crippen LogP contribution >= 0.6 is 0 Å². The van der Waals surface area contributed by atoms with Gasteiger partial charge in [0.1, 0.15) is 0 Å². The van der Waals surface area contributed by atoms with E-state index in [-0.39, 0.29) is 23.3 Å². The molecule has 0 atom stereocenters. The molecule has 98 valence electrons. The number of nitrogens with one attached hydrogen (secondary N) is 1. The summed E-state index contributed by atoms with van der Waals surface area (Å²) in [4.78, 5) is 17.6. The number of rotatable bonds is 5. The predicted octanol–water partition coefficient (Wildman–Crippen LogP) is 2.28. The number of pyridine rings is 1. The van der Waals surface area contributed by atoms with Gasteiger partial charge in [-0.3, -0.25) is 4.79 Å². The van der Waals surface area contributed by atoms with Crippen LogP contribution in [0.3, 0.4) is 0 Å². The number of amides is 1. The lowest BCUT2D eigenvalue weighted by Crippen LogP contribution is -2.29. The van der Waals surface area contributed by atoms with Gasteiger partial charge >= 0.3 is 0 Å². The quantitative estimate of drug-likeness (QED) is 0.873. The summed E-state index contributed by atoms with van der Waals surface area (Å²) in [5.41, 5.74) is 0.0954. The fourth-order valence-electron chi connectivity index (χ4n) is 1.79. The van der Waals surface area contributed by atoms with Gasteiger partial charge in [0.15, 0.2) is 11.6 Å². The van der Waals surface area contributed by atoms with Gasteiger partial charge in [-0.15, -0.1) is 0 Å². The maximum Gasteiger partial charge on any atom is 0.257 e. The third-order valence-corrected chi connectivity index (χ3v) is 3.08. The first-order valence-electron chi connectivity index (χ1n) is 6.30. The van der Waals surface area contributed by atoms with E-state index in [1.165, 1.54) is 12.3 Å². The Morgan fingerprint density at radius 2 is 2.33 bits per heavy atom. The van der Waals surface area contributed by atoms with Crippen molar-refractivity contribution in [2.24, 2.45) is 0 Å². The molecule has 1 aliphatic rings. The molecule has 0 aromatic carbocycles. The number of hydrogen-bond donors (Lipinski definition) is 1. The summed E-state index contributed by atoms with van der Waals surface area (Å²) in [6.07, 6.45) is 4.36. The molecule has 1 aliphatic carbocycles. The monoisotopic (exact) mass is 251 g/mol. The van der Waals surface area contributed by atoms with E-state index in [1.807, 2.05) is 6.92 Å². The van der Waals surface area contributed by atoms with E-state index in [9.17, 15) is 9.18 Å². The van der Waals surface area contributed by atoms with Crippen LogP contribution < -0.4 is 5.32 Å². The SMILES string of the molecule is CCCNc1nccc(C(=O)N(C)C2CC2)c1F. The number of carbonyl (C=O) groups is 1. The smallest absolute Gasteiger partial charge is 0.257 e. The minimum absolute atomic E-state index is 0.0954. The third kappa shape index (κ3) is 2.60. The lowest BCUT2D eigenvalue weighted by atomic mass is 10.2. The van der Waals surface area contributed by atoms with Crippen LogP contribution in [-0.4, -0.2) is 35.4 Å². The Balaban J connectivity index is 2.18. The van der Waals surface area contributed by atoms with Crippen LogP contribution in [0.25, 0.3) is 0 Å². The Morgan fingerprint density at radius 3 is 2.94 bits per heavy atom. The van der Waals surface area contributed by atoms with Crippen molar-refractivity contribution in [1.29, 1.82) is 0 Å². The zero-order valence-electron chi connectivity index (χ0n) is 10.7. The highest BCUT2D eigenvalue weighted by Gasteiger charge is 2.31. The zero-order chi connectivity index (χ0) is 13.1. The van der Waals surface area contributed by atoms with E-state index >= 15 is 0 Å². The maximum absolute atomic E-state index is 14.1. The Labute approximate surface area is 106 Å². The Bertz CT molecular complexity index is 446. The molecule has 1 amide bonds. The van der Waals surface area contributed by atoms with Crippen LogP contribution in [-0.2, 0) is 0 Å². The average Bonchev–Trinajstić information content (AvgIpc) is 3.20. The number of hydrogen-bond acceptors (Lipinski definition) is 3. The molecule has 0 unspecified atom stereocenters. The summed E-state index contributed by atoms with van der Waals surface area (Å²) in [5, 5.41) is 2.88. The molecule has 0 bridgehead atoms. The van der Waals surface area contributed by atoms with Crippen LogP contribution in [0, 0.1) is 5.82 Å². The van der Waals surface area contributed by atoms with E-state index in [1.54, 1.807) is 11.9 Å². The van der Waals surface area contributed by atoms with E-state index in [4.69, 9.17) is 0 Å². The lowest BCUT2D eigenvalue weighted by molar-refractivity contribution is 0.0780. The van der Waals surface area contributed by atoms with Crippen LogP contribution in [0.4, 0.5) is 10.2 Å². The van der Waals surface area contributed by atoms with E-state index in [0.717, 1.165) is 19.3 Å². The third-order valence-electron chi connectivity index (χ3n) is 3.08. The average molecular weight is 251 g/mol. The summed E-state index contributed by atoms with van der Waals surface area (Å²) in [6, 6.07) is 1.71. The Hall–Kier alpha value is -1.65. The predicted molar refractivity (Wildman–Crippen MR) is 68.1 cm³/mol. The van der Waals surface area contributed by atoms with Crippen molar-refractivity contribution in [3.05, 3.63) is 23.6 Å². The number of anilines is 1. The molecule has 18 heavy (non-hydrogen) atoms. The lowest BCUT2D eigenvalue weighted by Gasteiger charge is -2.17. The molecule has 0 spiro atoms. The highest BCUT2D eigenvalue weighted by atomic mass is 19.1. The molecule has 0 aliphatic heterocycles. The fraction of sp³-hybridized carbons (Fsp3) is 0.538. The topological polar surface area (TPSA) is 45.2 Å². The summed E-state index contributed by atoms with van der Waals surface area (Å²) >= 11 is 0. The minimum atomic E-state index is -0.552. The van der Waals surface area contributed by atoms with Crippen LogP contribution in [0.15, 0.2) is 12.3 Å². The second-order valence-corrected chi connectivity index (χ2v) is 4.60. The van der Waals surface area contributed by atoms with Crippen molar-refractivity contribution in [1.82, 2.24) is 9.88 Å². The van der Waals surface area contributed by atoms with Crippen molar-refractivity contribution in [3.8, 4) is 0 Å². The van der Waals surface area contributed by atoms with Crippen LogP contribution in [0.2, 0.25) is 0 Å². The molecule has 1 fully saturated rings. The van der Waals surface area contributed by atoms with Crippen LogP contribution in [0.5, 0.6) is 0 Å². The molecule has 1 heterocycles. The Morgan fingerprint density at radius 1 is 1.61 bits per heavy atom. The molecule has 0 saturated heterocycles. The standard InChI is InChI=1S/C13H18FN3O/c1-3-7-15-12-11(14)10(6-8-16-12)13(18)17(2)9-4-5-9/h6,8-9H,3-5,7H2,1-2H3,(H,15,16). The molecule has 1 saturated carbocycles. The molecule has 1 aromatic heterocycles. The first-order chi connectivity index (χ1) is 8.65. The van der Waals surface area contributed by atoms with Crippen molar-refractivity contribution in [2.45, 2.75) is 32.2 Å². The van der Waals surface area contributed by atoms with Gasteiger partial charge in [-0.25, -0.2) is 9.37 Å². The highest BCUT2D eigenvalue weighted by Crippen LogP contribution is 2.27. The van der Waals surface area contributed by atoms with Crippen molar-refractivity contribution in [2.75, 3.05) is 18.9 Å². The van der Waals surface area contributed by atoms with E-state index in [0.29, 0.717) is 6.54 Å². The summed E-state index contributed by atoms with van der Waals surface area (Å²) in [6.45, 7) is 2.63. The second kappa shape index (κ2) is 5.33. The summed E-state index contributed by atoms with van der Waals surface area (Å²) in [7, 11) is 1.72. The fourth-order valence-corrected chi connectivity index (χ4v) is 1.79. The minimum Gasteiger partial charge on any atom is -0.368 e.